The predicted octanol–water partition coefficient (Wildman–Crippen LogP) is 4.01. The van der Waals surface area contributed by atoms with Gasteiger partial charge in [0.2, 0.25) is 0 Å². The molecule has 4 aromatic rings. The number of benzene rings is 3. The van der Waals surface area contributed by atoms with Crippen LogP contribution in [0.3, 0.4) is 0 Å². The fourth-order valence-electron chi connectivity index (χ4n) is 3.07. The zero-order valence-corrected chi connectivity index (χ0v) is 16.1. The first-order chi connectivity index (χ1) is 14.2. The summed E-state index contributed by atoms with van der Waals surface area (Å²) >= 11 is 1.07. The third-order valence-corrected chi connectivity index (χ3v) is 4.95. The first-order valence-corrected chi connectivity index (χ1v) is 9.73. The number of carbonyl (C=O) groups is 2. The second kappa shape index (κ2) is 8.62. The normalized spacial score (nSPS) is 10.8. The summed E-state index contributed by atoms with van der Waals surface area (Å²) in [5.41, 5.74) is 3.48. The molecule has 7 heteroatoms. The topological polar surface area (TPSA) is 81.2 Å². The largest absolute Gasteiger partial charge is 0.455 e. The first-order valence-electron chi connectivity index (χ1n) is 9.00. The molecule has 0 aliphatic carbocycles. The number of nitrogens with one attached hydrogen (secondary N) is 1. The number of rotatable bonds is 6. The van der Waals surface area contributed by atoms with Gasteiger partial charge in [0, 0.05) is 0 Å². The number of esters is 1. The fraction of sp³-hybridized carbons (Fsp3) is 0.0909. The minimum Gasteiger partial charge on any atom is -0.455 e. The van der Waals surface area contributed by atoms with E-state index in [9.17, 15) is 9.59 Å². The van der Waals surface area contributed by atoms with Crippen molar-refractivity contribution in [3.8, 4) is 0 Å². The zero-order valence-electron chi connectivity index (χ0n) is 15.3. The maximum absolute atomic E-state index is 12.8. The number of aromatic nitrogens is 2. The van der Waals surface area contributed by atoms with E-state index in [2.05, 4.69) is 14.1 Å². The van der Waals surface area contributed by atoms with Gasteiger partial charge in [-0.3, -0.25) is 9.59 Å². The molecule has 0 atom stereocenters. The number of nitrogens with zero attached hydrogens (tertiary/aromatic N) is 2. The van der Waals surface area contributed by atoms with Gasteiger partial charge in [0.05, 0.1) is 17.4 Å². The smallest absolute Gasteiger partial charge is 0.318 e. The van der Waals surface area contributed by atoms with Crippen molar-refractivity contribution in [1.82, 2.24) is 8.75 Å². The molecule has 1 N–H and O–H groups in total. The molecule has 0 aliphatic heterocycles. The van der Waals surface area contributed by atoms with Crippen molar-refractivity contribution in [2.45, 2.75) is 5.92 Å². The van der Waals surface area contributed by atoms with Gasteiger partial charge < -0.3 is 10.1 Å². The molecule has 4 rings (SSSR count). The van der Waals surface area contributed by atoms with E-state index >= 15 is 0 Å². The third kappa shape index (κ3) is 4.30. The maximum Gasteiger partial charge on any atom is 0.318 e. The summed E-state index contributed by atoms with van der Waals surface area (Å²) in [4.78, 5) is 25.2. The van der Waals surface area contributed by atoms with Gasteiger partial charge in [-0.1, -0.05) is 66.7 Å². The van der Waals surface area contributed by atoms with Crippen molar-refractivity contribution in [2.75, 3.05) is 11.9 Å². The summed E-state index contributed by atoms with van der Waals surface area (Å²) < 4.78 is 13.7. The molecule has 0 bridgehead atoms. The van der Waals surface area contributed by atoms with Crippen LogP contribution in [-0.4, -0.2) is 27.2 Å². The number of hydrogen-bond acceptors (Lipinski definition) is 6. The van der Waals surface area contributed by atoms with Crippen molar-refractivity contribution in [3.63, 3.8) is 0 Å². The van der Waals surface area contributed by atoms with Crippen LogP contribution in [0.1, 0.15) is 17.0 Å². The quantitative estimate of drug-likeness (QED) is 0.492. The number of hydrogen-bond donors (Lipinski definition) is 1. The lowest BCUT2D eigenvalue weighted by molar-refractivity contribution is -0.147. The Morgan fingerprint density at radius 2 is 1.52 bits per heavy atom. The molecule has 1 heterocycles. The van der Waals surface area contributed by atoms with Crippen LogP contribution in [-0.2, 0) is 14.3 Å². The molecule has 0 saturated carbocycles. The average molecular weight is 403 g/mol. The number of anilines is 1. The van der Waals surface area contributed by atoms with Gasteiger partial charge >= 0.3 is 5.97 Å². The molecule has 0 fully saturated rings. The molecule has 0 spiro atoms. The molecule has 3 aromatic carbocycles. The SMILES string of the molecule is O=C(COC(=O)C(c1ccccc1)c1ccccc1)Nc1cccc2nsnc12. The lowest BCUT2D eigenvalue weighted by atomic mass is 9.91. The van der Waals surface area contributed by atoms with Crippen LogP contribution in [0.5, 0.6) is 0 Å². The second-order valence-corrected chi connectivity index (χ2v) is 6.88. The van der Waals surface area contributed by atoms with E-state index in [1.807, 2.05) is 66.7 Å². The molecule has 0 radical (unpaired) electrons. The Kier molecular flexibility index (Phi) is 5.58. The van der Waals surface area contributed by atoms with E-state index in [0.29, 0.717) is 16.7 Å². The highest BCUT2D eigenvalue weighted by Gasteiger charge is 2.25. The van der Waals surface area contributed by atoms with Crippen molar-refractivity contribution in [3.05, 3.63) is 90.0 Å². The third-order valence-electron chi connectivity index (χ3n) is 4.41. The fourth-order valence-corrected chi connectivity index (χ4v) is 3.62. The Morgan fingerprint density at radius 3 is 2.17 bits per heavy atom. The van der Waals surface area contributed by atoms with Crippen molar-refractivity contribution in [2.24, 2.45) is 0 Å². The molecule has 0 aliphatic rings. The molecule has 29 heavy (non-hydrogen) atoms. The van der Waals surface area contributed by atoms with E-state index in [1.165, 1.54) is 0 Å². The summed E-state index contributed by atoms with van der Waals surface area (Å²) in [6.45, 7) is -0.386. The summed E-state index contributed by atoms with van der Waals surface area (Å²) in [7, 11) is 0. The number of fused-ring (bicyclic) bond motifs is 1. The number of amides is 1. The van der Waals surface area contributed by atoms with Crippen LogP contribution in [0.15, 0.2) is 78.9 Å². The average Bonchev–Trinajstić information content (AvgIpc) is 3.24. The van der Waals surface area contributed by atoms with Crippen molar-refractivity contribution >= 4 is 40.3 Å². The molecular weight excluding hydrogens is 386 g/mol. The Balaban J connectivity index is 1.47. The summed E-state index contributed by atoms with van der Waals surface area (Å²) in [6, 6.07) is 24.1. The maximum atomic E-state index is 12.8. The summed E-state index contributed by atoms with van der Waals surface area (Å²) in [6.07, 6.45) is 0. The highest BCUT2D eigenvalue weighted by Crippen LogP contribution is 2.26. The van der Waals surface area contributed by atoms with Crippen LogP contribution in [0, 0.1) is 0 Å². The molecule has 1 aromatic heterocycles. The molecule has 0 unspecified atom stereocenters. The van der Waals surface area contributed by atoms with Crippen LogP contribution in [0.2, 0.25) is 0 Å². The molecule has 6 nitrogen and oxygen atoms in total. The first kappa shape index (κ1) is 18.8. The van der Waals surface area contributed by atoms with Crippen LogP contribution >= 0.6 is 11.7 Å². The highest BCUT2D eigenvalue weighted by molar-refractivity contribution is 7.00. The molecule has 144 valence electrons. The molecule has 1 amide bonds. The minimum atomic E-state index is -0.601. The Morgan fingerprint density at radius 1 is 0.862 bits per heavy atom. The standard InChI is InChI=1S/C22H17N3O3S/c26-19(23-17-12-7-13-18-21(17)25-29-24-18)14-28-22(27)20(15-8-3-1-4-9-15)16-10-5-2-6-11-16/h1-13,20H,14H2,(H,23,26). The van der Waals surface area contributed by atoms with E-state index in [1.54, 1.807) is 12.1 Å². The van der Waals surface area contributed by atoms with E-state index in [0.717, 1.165) is 22.9 Å². The molecule has 0 saturated heterocycles. The van der Waals surface area contributed by atoms with Crippen LogP contribution < -0.4 is 5.32 Å². The van der Waals surface area contributed by atoms with E-state index < -0.39 is 17.8 Å². The van der Waals surface area contributed by atoms with Gasteiger partial charge in [0.1, 0.15) is 17.0 Å². The van der Waals surface area contributed by atoms with E-state index in [4.69, 9.17) is 4.74 Å². The van der Waals surface area contributed by atoms with Gasteiger partial charge in [0.25, 0.3) is 5.91 Å². The van der Waals surface area contributed by atoms with Gasteiger partial charge in [-0.15, -0.1) is 0 Å². The predicted molar refractivity (Wildman–Crippen MR) is 112 cm³/mol. The van der Waals surface area contributed by atoms with E-state index in [-0.39, 0.29) is 6.61 Å². The zero-order chi connectivity index (χ0) is 20.1. The van der Waals surface area contributed by atoms with Gasteiger partial charge in [-0.25, -0.2) is 0 Å². The Labute approximate surface area is 171 Å². The summed E-state index contributed by atoms with van der Waals surface area (Å²) in [5.74, 6) is -1.51. The summed E-state index contributed by atoms with van der Waals surface area (Å²) in [5, 5.41) is 2.73. The second-order valence-electron chi connectivity index (χ2n) is 6.35. The van der Waals surface area contributed by atoms with Crippen molar-refractivity contribution < 1.29 is 14.3 Å². The number of carbonyl (C=O) groups excluding carboxylic acids is 2. The monoisotopic (exact) mass is 403 g/mol. The number of ether oxygens (including phenoxy) is 1. The van der Waals surface area contributed by atoms with Gasteiger partial charge in [-0.05, 0) is 23.3 Å². The van der Waals surface area contributed by atoms with Gasteiger partial charge in [-0.2, -0.15) is 8.75 Å². The lowest BCUT2D eigenvalue weighted by Gasteiger charge is -2.17. The Hall–Kier alpha value is -3.58. The lowest BCUT2D eigenvalue weighted by Crippen LogP contribution is -2.24. The van der Waals surface area contributed by atoms with Gasteiger partial charge in [0.15, 0.2) is 6.61 Å². The highest BCUT2D eigenvalue weighted by atomic mass is 32.1. The Bertz CT molecular complexity index is 1090. The molecular formula is C22H17N3O3S. The van der Waals surface area contributed by atoms with Crippen LogP contribution in [0.25, 0.3) is 11.0 Å². The van der Waals surface area contributed by atoms with Crippen molar-refractivity contribution in [1.29, 1.82) is 0 Å². The minimum absolute atomic E-state index is 0.386. The van der Waals surface area contributed by atoms with Crippen LogP contribution in [0.4, 0.5) is 5.69 Å².